The molecular weight excluding hydrogens is 386 g/mol. The van der Waals surface area contributed by atoms with Crippen molar-refractivity contribution in [3.8, 4) is 11.5 Å². The fourth-order valence-corrected chi connectivity index (χ4v) is 2.73. The number of benzene rings is 2. The quantitative estimate of drug-likeness (QED) is 0.678. The van der Waals surface area contributed by atoms with E-state index in [4.69, 9.17) is 14.6 Å². The summed E-state index contributed by atoms with van der Waals surface area (Å²) in [6.07, 6.45) is 1.73. The van der Waals surface area contributed by atoms with Gasteiger partial charge in [-0.15, -0.1) is 0 Å². The molecule has 0 aliphatic carbocycles. The van der Waals surface area contributed by atoms with Crippen LogP contribution in [0.5, 0.6) is 11.5 Å². The first kappa shape index (κ1) is 19.0. The highest BCUT2D eigenvalue weighted by Gasteiger charge is 2.13. The minimum atomic E-state index is -1.05. The topological polar surface area (TPSA) is 68.1 Å². The SMILES string of the molecule is CCOc1cc(C=Nc2ccc(C)c(C)c2)cc(Br)c1OCC(=O)O. The average Bonchev–Trinajstić information content (AvgIpc) is 2.55. The third-order valence-corrected chi connectivity index (χ3v) is 4.11. The van der Waals surface area contributed by atoms with Crippen molar-refractivity contribution in [2.45, 2.75) is 20.8 Å². The molecular formula is C19H20BrNO4. The Morgan fingerprint density at radius 1 is 1.20 bits per heavy atom. The van der Waals surface area contributed by atoms with Crippen LogP contribution < -0.4 is 9.47 Å². The molecule has 0 saturated carbocycles. The molecule has 0 bridgehead atoms. The maximum absolute atomic E-state index is 10.7. The van der Waals surface area contributed by atoms with E-state index in [1.165, 1.54) is 11.1 Å². The van der Waals surface area contributed by atoms with Gasteiger partial charge in [-0.3, -0.25) is 4.99 Å². The highest BCUT2D eigenvalue weighted by molar-refractivity contribution is 9.10. The summed E-state index contributed by atoms with van der Waals surface area (Å²) in [6.45, 7) is 5.96. The molecule has 0 saturated heterocycles. The smallest absolute Gasteiger partial charge is 0.341 e. The molecule has 0 aromatic heterocycles. The minimum absolute atomic E-state index is 0.368. The van der Waals surface area contributed by atoms with E-state index in [1.54, 1.807) is 12.3 Å². The number of ether oxygens (including phenoxy) is 2. The fraction of sp³-hybridized carbons (Fsp3) is 0.263. The van der Waals surface area contributed by atoms with Gasteiger partial charge in [0, 0.05) is 6.21 Å². The third-order valence-electron chi connectivity index (χ3n) is 3.52. The second-order valence-electron chi connectivity index (χ2n) is 5.47. The molecule has 2 rings (SSSR count). The summed E-state index contributed by atoms with van der Waals surface area (Å²) in [5, 5.41) is 8.79. The van der Waals surface area contributed by atoms with Gasteiger partial charge in [-0.2, -0.15) is 0 Å². The fourth-order valence-electron chi connectivity index (χ4n) is 2.15. The maximum Gasteiger partial charge on any atom is 0.341 e. The number of aliphatic imine (C=N–C) groups is 1. The van der Waals surface area contributed by atoms with E-state index in [0.29, 0.717) is 22.6 Å². The molecule has 6 heteroatoms. The van der Waals surface area contributed by atoms with E-state index in [2.05, 4.69) is 27.8 Å². The van der Waals surface area contributed by atoms with E-state index in [1.807, 2.05) is 38.1 Å². The van der Waals surface area contributed by atoms with Gasteiger partial charge in [0.25, 0.3) is 0 Å². The first-order valence-corrected chi connectivity index (χ1v) is 8.62. The van der Waals surface area contributed by atoms with Crippen LogP contribution in [0, 0.1) is 13.8 Å². The summed E-state index contributed by atoms with van der Waals surface area (Å²) < 4.78 is 11.5. The van der Waals surface area contributed by atoms with Crippen LogP contribution in [-0.4, -0.2) is 30.5 Å². The normalized spacial score (nSPS) is 10.9. The molecule has 0 aliphatic rings. The number of hydrogen-bond donors (Lipinski definition) is 1. The molecule has 25 heavy (non-hydrogen) atoms. The molecule has 0 amide bonds. The van der Waals surface area contributed by atoms with E-state index in [0.717, 1.165) is 11.3 Å². The van der Waals surface area contributed by atoms with Crippen molar-refractivity contribution in [3.05, 3.63) is 51.5 Å². The van der Waals surface area contributed by atoms with Crippen LogP contribution in [0.1, 0.15) is 23.6 Å². The van der Waals surface area contributed by atoms with Crippen LogP contribution in [0.15, 0.2) is 39.8 Å². The van der Waals surface area contributed by atoms with Crippen LogP contribution >= 0.6 is 15.9 Å². The molecule has 2 aromatic rings. The van der Waals surface area contributed by atoms with Crippen molar-refractivity contribution in [2.24, 2.45) is 4.99 Å². The molecule has 0 fully saturated rings. The number of carbonyl (C=O) groups is 1. The number of carboxylic acids is 1. The number of nitrogens with zero attached hydrogens (tertiary/aromatic N) is 1. The number of rotatable bonds is 7. The minimum Gasteiger partial charge on any atom is -0.490 e. The lowest BCUT2D eigenvalue weighted by atomic mass is 10.1. The highest BCUT2D eigenvalue weighted by Crippen LogP contribution is 2.36. The summed E-state index contributed by atoms with van der Waals surface area (Å²) in [4.78, 5) is 15.2. The van der Waals surface area contributed by atoms with Gasteiger partial charge in [0.05, 0.1) is 16.8 Å². The Morgan fingerprint density at radius 2 is 1.96 bits per heavy atom. The largest absolute Gasteiger partial charge is 0.490 e. The number of halogens is 1. The highest BCUT2D eigenvalue weighted by atomic mass is 79.9. The van der Waals surface area contributed by atoms with Crippen molar-refractivity contribution in [1.29, 1.82) is 0 Å². The Bertz CT molecular complexity index is 802. The van der Waals surface area contributed by atoms with Crippen LogP contribution in [0.25, 0.3) is 0 Å². The molecule has 0 unspecified atom stereocenters. The second-order valence-corrected chi connectivity index (χ2v) is 6.33. The predicted molar refractivity (Wildman–Crippen MR) is 102 cm³/mol. The molecule has 2 aromatic carbocycles. The van der Waals surface area contributed by atoms with Gasteiger partial charge in [0.15, 0.2) is 18.1 Å². The Balaban J connectivity index is 2.30. The molecule has 0 heterocycles. The summed E-state index contributed by atoms with van der Waals surface area (Å²) in [5.41, 5.74) is 4.09. The van der Waals surface area contributed by atoms with Crippen LogP contribution in [0.3, 0.4) is 0 Å². The number of hydrogen-bond acceptors (Lipinski definition) is 4. The molecule has 0 atom stereocenters. The van der Waals surface area contributed by atoms with Crippen LogP contribution in [-0.2, 0) is 4.79 Å². The molecule has 132 valence electrons. The number of carboxylic acid groups (broad SMARTS) is 1. The lowest BCUT2D eigenvalue weighted by Gasteiger charge is -2.13. The molecule has 5 nitrogen and oxygen atoms in total. The Hall–Kier alpha value is -2.34. The van der Waals surface area contributed by atoms with Crippen molar-refractivity contribution < 1.29 is 19.4 Å². The van der Waals surface area contributed by atoms with Gasteiger partial charge in [0.2, 0.25) is 0 Å². The third kappa shape index (κ3) is 5.32. The van der Waals surface area contributed by atoms with Crippen LogP contribution in [0.2, 0.25) is 0 Å². The summed E-state index contributed by atoms with van der Waals surface area (Å²) in [5.74, 6) is -0.207. The maximum atomic E-state index is 10.7. The summed E-state index contributed by atoms with van der Waals surface area (Å²) in [6, 6.07) is 9.60. The zero-order valence-corrected chi connectivity index (χ0v) is 16.0. The van der Waals surface area contributed by atoms with E-state index < -0.39 is 12.6 Å². The van der Waals surface area contributed by atoms with Crippen molar-refractivity contribution in [3.63, 3.8) is 0 Å². The lowest BCUT2D eigenvalue weighted by molar-refractivity contribution is -0.139. The van der Waals surface area contributed by atoms with Gasteiger partial charge >= 0.3 is 5.97 Å². The molecule has 0 spiro atoms. The Labute approximate surface area is 155 Å². The first-order valence-electron chi connectivity index (χ1n) is 7.83. The van der Waals surface area contributed by atoms with Gasteiger partial charge < -0.3 is 14.6 Å². The zero-order chi connectivity index (χ0) is 18.4. The Morgan fingerprint density at radius 3 is 2.60 bits per heavy atom. The second kappa shape index (κ2) is 8.67. The Kier molecular flexibility index (Phi) is 6.58. The van der Waals surface area contributed by atoms with Crippen LogP contribution in [0.4, 0.5) is 5.69 Å². The van der Waals surface area contributed by atoms with Gasteiger partial charge in [-0.05, 0) is 77.7 Å². The van der Waals surface area contributed by atoms with Gasteiger partial charge in [-0.1, -0.05) is 6.07 Å². The average molecular weight is 406 g/mol. The first-order chi connectivity index (χ1) is 11.9. The van der Waals surface area contributed by atoms with Gasteiger partial charge in [-0.25, -0.2) is 4.79 Å². The summed E-state index contributed by atoms with van der Waals surface area (Å²) in [7, 11) is 0. The van der Waals surface area contributed by atoms with E-state index in [-0.39, 0.29) is 0 Å². The van der Waals surface area contributed by atoms with Crippen molar-refractivity contribution >= 4 is 33.8 Å². The van der Waals surface area contributed by atoms with E-state index >= 15 is 0 Å². The molecule has 0 aliphatic heterocycles. The van der Waals surface area contributed by atoms with Crippen molar-refractivity contribution in [1.82, 2.24) is 0 Å². The lowest BCUT2D eigenvalue weighted by Crippen LogP contribution is -2.11. The number of aliphatic carboxylic acids is 1. The molecule has 1 N–H and O–H groups in total. The standard InChI is InChI=1S/C19H20BrNO4/c1-4-24-17-9-14(8-16(20)19(17)25-11-18(22)23)10-21-15-6-5-12(2)13(3)7-15/h5-10H,4,11H2,1-3H3,(H,22,23). The van der Waals surface area contributed by atoms with E-state index in [9.17, 15) is 4.79 Å². The zero-order valence-electron chi connectivity index (χ0n) is 14.4. The monoisotopic (exact) mass is 405 g/mol. The molecule has 0 radical (unpaired) electrons. The predicted octanol–water partition coefficient (Wildman–Crippen LogP) is 4.68. The summed E-state index contributed by atoms with van der Waals surface area (Å²) >= 11 is 3.41. The van der Waals surface area contributed by atoms with Crippen molar-refractivity contribution in [2.75, 3.05) is 13.2 Å². The van der Waals surface area contributed by atoms with Gasteiger partial charge in [0.1, 0.15) is 0 Å². The number of aryl methyl sites for hydroxylation is 2.